The molecular formula is C29H43N2O8P. The number of phenols is 1. The van der Waals surface area contributed by atoms with Crippen molar-refractivity contribution < 1.29 is 38.2 Å². The lowest BCUT2D eigenvalue weighted by Gasteiger charge is -2.27. The molecule has 0 heterocycles. The van der Waals surface area contributed by atoms with Crippen molar-refractivity contribution in [2.24, 2.45) is 0 Å². The summed E-state index contributed by atoms with van der Waals surface area (Å²) in [6, 6.07) is 5.10. The summed E-state index contributed by atoms with van der Waals surface area (Å²) in [5.41, 5.74) is 3.17. The van der Waals surface area contributed by atoms with Crippen LogP contribution in [0.15, 0.2) is 24.3 Å². The molecule has 2 rings (SSSR count). The van der Waals surface area contributed by atoms with E-state index in [0.29, 0.717) is 17.2 Å². The summed E-state index contributed by atoms with van der Waals surface area (Å²) in [4.78, 5) is 24.5. The van der Waals surface area contributed by atoms with Crippen LogP contribution >= 0.6 is 7.44 Å². The highest BCUT2D eigenvalue weighted by Gasteiger charge is 2.33. The molecule has 0 unspecified atom stereocenters. The number of esters is 2. The molecule has 2 aromatic carbocycles. The Labute approximate surface area is 237 Å². The Kier molecular flexibility index (Phi) is 12.0. The third kappa shape index (κ3) is 8.71. The Bertz CT molecular complexity index is 1220. The summed E-state index contributed by atoms with van der Waals surface area (Å²) in [5, 5.41) is 15.7. The summed E-state index contributed by atoms with van der Waals surface area (Å²) in [6.07, 6.45) is -0.351. The van der Waals surface area contributed by atoms with Crippen LogP contribution in [0.5, 0.6) is 23.0 Å². The predicted octanol–water partition coefficient (Wildman–Crippen LogP) is 5.84. The zero-order valence-electron chi connectivity index (χ0n) is 24.9. The van der Waals surface area contributed by atoms with E-state index in [-0.39, 0.29) is 31.2 Å². The predicted molar refractivity (Wildman–Crippen MR) is 154 cm³/mol. The van der Waals surface area contributed by atoms with E-state index >= 15 is 0 Å². The lowest BCUT2D eigenvalue weighted by molar-refractivity contribution is -0.145. The first kappa shape index (κ1) is 33.1. The maximum atomic E-state index is 13.9. The Morgan fingerprint density at radius 2 is 1.45 bits per heavy atom. The third-order valence-corrected chi connectivity index (χ3v) is 8.41. The van der Waals surface area contributed by atoms with Gasteiger partial charge in [0.1, 0.15) is 35.1 Å². The van der Waals surface area contributed by atoms with Gasteiger partial charge < -0.3 is 24.1 Å². The van der Waals surface area contributed by atoms with Crippen LogP contribution in [0.3, 0.4) is 0 Å². The summed E-state index contributed by atoms with van der Waals surface area (Å²) >= 11 is 0. The molecule has 0 aliphatic carbocycles. The number of phenolic OH excluding ortho intramolecular Hbond substituents is 1. The van der Waals surface area contributed by atoms with Crippen molar-refractivity contribution in [1.29, 1.82) is 0 Å². The molecule has 0 amide bonds. The fourth-order valence-electron chi connectivity index (χ4n) is 4.04. The van der Waals surface area contributed by atoms with Crippen LogP contribution in [0, 0.1) is 20.8 Å². The highest BCUT2D eigenvalue weighted by atomic mass is 31.2. The largest absolute Gasteiger partial charge is 0.508 e. The molecule has 0 aliphatic rings. The van der Waals surface area contributed by atoms with Crippen molar-refractivity contribution in [3.63, 3.8) is 0 Å². The van der Waals surface area contributed by atoms with Gasteiger partial charge in [-0.15, -0.1) is 0 Å². The van der Waals surface area contributed by atoms with Crippen molar-refractivity contribution in [3.8, 4) is 23.0 Å². The minimum Gasteiger partial charge on any atom is -0.508 e. The van der Waals surface area contributed by atoms with E-state index < -0.39 is 31.5 Å². The molecule has 10 nitrogen and oxygen atoms in total. The van der Waals surface area contributed by atoms with Gasteiger partial charge in [-0.05, 0) is 95.3 Å². The number of aryl methyl sites for hydroxylation is 1. The number of nitrogens with one attached hydrogen (secondary N) is 2. The van der Waals surface area contributed by atoms with Gasteiger partial charge in [-0.25, -0.2) is 10.2 Å². The van der Waals surface area contributed by atoms with Gasteiger partial charge in [-0.3, -0.25) is 14.2 Å². The molecule has 0 bridgehead atoms. The molecule has 0 saturated carbocycles. The summed E-state index contributed by atoms with van der Waals surface area (Å²) < 4.78 is 36.2. The van der Waals surface area contributed by atoms with Gasteiger partial charge >= 0.3 is 11.9 Å². The lowest BCUT2D eigenvalue weighted by Crippen LogP contribution is -2.43. The number of hydrogen-bond acceptors (Lipinski definition) is 8. The molecule has 0 fully saturated rings. The van der Waals surface area contributed by atoms with Crippen LogP contribution in [0.25, 0.3) is 0 Å². The average molecular weight is 579 g/mol. The van der Waals surface area contributed by atoms with Gasteiger partial charge in [0, 0.05) is 5.56 Å². The zero-order chi connectivity index (χ0) is 30.2. The first-order chi connectivity index (χ1) is 18.7. The summed E-state index contributed by atoms with van der Waals surface area (Å²) in [6.45, 7) is 16.4. The molecule has 0 radical (unpaired) electrons. The van der Waals surface area contributed by atoms with Crippen LogP contribution in [-0.2, 0) is 23.6 Å². The number of carbonyl (C=O) groups excluding carboxylic acids is 2. The Balaban J connectivity index is 2.32. The molecule has 2 atom stereocenters. The van der Waals surface area contributed by atoms with Crippen molar-refractivity contribution >= 4 is 19.4 Å². The molecule has 0 aliphatic heterocycles. The van der Waals surface area contributed by atoms with Crippen LogP contribution in [0.1, 0.15) is 69.7 Å². The second-order valence-electron chi connectivity index (χ2n) is 9.97. The number of aromatic hydroxyl groups is 1. The molecule has 0 aromatic heterocycles. The Morgan fingerprint density at radius 3 is 1.95 bits per heavy atom. The number of benzene rings is 2. The standard InChI is InChI=1S/C29H43N2O8P/c1-10-36-28(33)21(8)30-40(35,31-22(9)29(34)37-11-2)16-38-26-14-18(5)27(20(7)19(26)6)39-23-12-13-25(32)24(15-23)17(3)4/h12-15,17,21-22,32H,10-11,16H2,1-9H3,(H2,30,31,35)/t21-,22-/m0/s1. The van der Waals surface area contributed by atoms with Gasteiger partial charge in [0.2, 0.25) is 7.44 Å². The highest BCUT2D eigenvalue weighted by Crippen LogP contribution is 2.41. The fraction of sp³-hybridized carbons (Fsp3) is 0.517. The van der Waals surface area contributed by atoms with Crippen LogP contribution in [-0.4, -0.2) is 48.7 Å². The minimum atomic E-state index is -3.67. The van der Waals surface area contributed by atoms with Crippen molar-refractivity contribution in [1.82, 2.24) is 10.2 Å². The number of carbonyl (C=O) groups is 2. The van der Waals surface area contributed by atoms with Crippen LogP contribution in [0.2, 0.25) is 0 Å². The van der Waals surface area contributed by atoms with Gasteiger partial charge in [-0.2, -0.15) is 0 Å². The van der Waals surface area contributed by atoms with Crippen molar-refractivity contribution in [2.45, 2.75) is 80.3 Å². The Hall–Kier alpha value is -3.07. The number of ether oxygens (including phenoxy) is 4. The molecule has 2 aromatic rings. The maximum Gasteiger partial charge on any atom is 0.323 e. The smallest absolute Gasteiger partial charge is 0.323 e. The molecule has 11 heteroatoms. The summed E-state index contributed by atoms with van der Waals surface area (Å²) in [5.74, 6) is 0.916. The second-order valence-corrected chi connectivity index (χ2v) is 12.2. The van der Waals surface area contributed by atoms with Crippen LogP contribution in [0.4, 0.5) is 0 Å². The van der Waals surface area contributed by atoms with E-state index in [1.807, 2.05) is 40.7 Å². The van der Waals surface area contributed by atoms with E-state index in [0.717, 1.165) is 22.3 Å². The van der Waals surface area contributed by atoms with Crippen molar-refractivity contribution in [3.05, 3.63) is 46.5 Å². The topological polar surface area (TPSA) is 132 Å². The minimum absolute atomic E-state index is 0.124. The maximum absolute atomic E-state index is 13.9. The highest BCUT2D eigenvalue weighted by molar-refractivity contribution is 7.59. The third-order valence-electron chi connectivity index (χ3n) is 6.31. The Morgan fingerprint density at radius 1 is 0.900 bits per heavy atom. The van der Waals surface area contributed by atoms with Crippen LogP contribution < -0.4 is 19.6 Å². The first-order valence-electron chi connectivity index (χ1n) is 13.4. The monoisotopic (exact) mass is 578 g/mol. The van der Waals surface area contributed by atoms with Gasteiger partial charge in [-0.1, -0.05) is 13.8 Å². The molecule has 222 valence electrons. The SMILES string of the molecule is CCOC(=O)[C@H](C)NP(=O)(COc1cc(C)c(Oc2ccc(O)c(C(C)C)c2)c(C)c1C)N[C@@H](C)C(=O)OCC. The molecular weight excluding hydrogens is 535 g/mol. The fourth-order valence-corrected chi connectivity index (χ4v) is 6.05. The molecule has 40 heavy (non-hydrogen) atoms. The zero-order valence-corrected chi connectivity index (χ0v) is 25.8. The lowest BCUT2D eigenvalue weighted by atomic mass is 10.0. The van der Waals surface area contributed by atoms with Crippen molar-refractivity contribution in [2.75, 3.05) is 19.6 Å². The molecule has 0 saturated heterocycles. The van der Waals surface area contributed by atoms with Gasteiger partial charge in [0.15, 0.2) is 6.35 Å². The molecule has 3 N–H and O–H groups in total. The number of hydrogen-bond donors (Lipinski definition) is 3. The quantitative estimate of drug-likeness (QED) is 0.185. The second kappa shape index (κ2) is 14.5. The average Bonchev–Trinajstić information content (AvgIpc) is 2.88. The molecule has 0 spiro atoms. The van der Waals surface area contributed by atoms with Gasteiger partial charge in [0.25, 0.3) is 0 Å². The summed E-state index contributed by atoms with van der Waals surface area (Å²) in [7, 11) is -3.67. The van der Waals surface area contributed by atoms with E-state index in [1.54, 1.807) is 32.0 Å². The van der Waals surface area contributed by atoms with E-state index in [1.165, 1.54) is 13.8 Å². The number of rotatable bonds is 14. The normalized spacial score (nSPS) is 13.1. The van der Waals surface area contributed by atoms with E-state index in [9.17, 15) is 19.3 Å². The first-order valence-corrected chi connectivity index (χ1v) is 15.3. The van der Waals surface area contributed by atoms with E-state index in [2.05, 4.69) is 10.2 Å². The van der Waals surface area contributed by atoms with Gasteiger partial charge in [0.05, 0.1) is 13.2 Å². The van der Waals surface area contributed by atoms with E-state index in [4.69, 9.17) is 18.9 Å².